The third-order valence-electron chi connectivity index (χ3n) is 13.5. The Hall–Kier alpha value is -8.81. The topological polar surface area (TPSA) is 57.3 Å². The van der Waals surface area contributed by atoms with Crippen LogP contribution in [0.3, 0.4) is 0 Å². The Kier molecular flexibility index (Phi) is 6.56. The molecule has 0 aliphatic carbocycles. The van der Waals surface area contributed by atoms with Gasteiger partial charge in [0.15, 0.2) is 11.6 Å². The lowest BCUT2D eigenvalue weighted by molar-refractivity contribution is 0.953. The quantitative estimate of drug-likeness (QED) is 0.178. The van der Waals surface area contributed by atoms with Gasteiger partial charge in [-0.2, -0.15) is 9.97 Å². The van der Waals surface area contributed by atoms with Crippen LogP contribution in [0.1, 0.15) is 0 Å². The highest BCUT2D eigenvalue weighted by molar-refractivity contribution is 6.26. The highest BCUT2D eigenvalue weighted by Crippen LogP contribution is 2.44. The lowest BCUT2D eigenvalue weighted by Crippen LogP contribution is -2.06. The molecule has 0 radical (unpaired) electrons. The molecule has 0 atom stereocenters. The monoisotopic (exact) mass is 815 g/mol. The van der Waals surface area contributed by atoms with E-state index in [0.717, 1.165) is 49.7 Å². The van der Waals surface area contributed by atoms with E-state index < -0.39 is 0 Å². The van der Waals surface area contributed by atoms with Crippen LogP contribution < -0.4 is 0 Å². The number of nitrogens with zero attached hydrogens (tertiary/aromatic N) is 7. The van der Waals surface area contributed by atoms with Crippen LogP contribution in [0.4, 0.5) is 0 Å². The van der Waals surface area contributed by atoms with Crippen molar-refractivity contribution in [2.45, 2.75) is 0 Å². The summed E-state index contributed by atoms with van der Waals surface area (Å²) in [6, 6.07) is 72.0. The van der Waals surface area contributed by atoms with E-state index in [0.29, 0.717) is 17.6 Å². The average molecular weight is 816 g/mol. The standard InChI is InChI=1S/C57H33N7/c1-3-15-34(16-4-1)55-58-56(35-17-5-2-6-18-35)60-57(59-55)64-45-24-12-9-19-37(45)40-31-36(29-30-46(40)64)61-47-25-13-27-49-53(47)54-48(61)26-14-28-50(54)63-44-23-11-8-21-39(44)42-32-41-38-20-7-10-22-43(38)62(49)51(41)33-52(42)63/h1-33H. The summed E-state index contributed by atoms with van der Waals surface area (Å²) in [5.74, 6) is 1.83. The first kappa shape index (κ1) is 33.9. The predicted octanol–water partition coefficient (Wildman–Crippen LogP) is 14.0. The van der Waals surface area contributed by atoms with Gasteiger partial charge in [-0.05, 0) is 72.8 Å². The van der Waals surface area contributed by atoms with Crippen LogP contribution in [0.2, 0.25) is 0 Å². The number of para-hydroxylation sites is 3. The van der Waals surface area contributed by atoms with Gasteiger partial charge in [-0.15, -0.1) is 0 Å². The van der Waals surface area contributed by atoms with Gasteiger partial charge in [-0.1, -0.05) is 127 Å². The van der Waals surface area contributed by atoms with Crippen molar-refractivity contribution in [2.75, 3.05) is 0 Å². The Morgan fingerprint density at radius 1 is 0.266 bits per heavy atom. The Labute approximate surface area is 364 Å². The van der Waals surface area contributed by atoms with E-state index in [-0.39, 0.29) is 0 Å². The molecule has 0 aliphatic rings. The summed E-state index contributed by atoms with van der Waals surface area (Å²) < 4.78 is 9.66. The van der Waals surface area contributed by atoms with Crippen molar-refractivity contribution in [3.63, 3.8) is 0 Å². The summed E-state index contributed by atoms with van der Waals surface area (Å²) in [6.45, 7) is 0. The van der Waals surface area contributed by atoms with E-state index >= 15 is 0 Å². The van der Waals surface area contributed by atoms with Gasteiger partial charge >= 0.3 is 0 Å². The number of aromatic nitrogens is 7. The molecule has 15 rings (SSSR count). The first-order valence-electron chi connectivity index (χ1n) is 21.7. The molecule has 9 aromatic carbocycles. The fourth-order valence-electron chi connectivity index (χ4n) is 10.9. The van der Waals surface area contributed by atoms with Crippen molar-refractivity contribution in [1.29, 1.82) is 0 Å². The zero-order chi connectivity index (χ0) is 41.6. The molecule has 15 aromatic rings. The van der Waals surface area contributed by atoms with Gasteiger partial charge in [0.05, 0.1) is 55.2 Å². The van der Waals surface area contributed by atoms with Crippen molar-refractivity contribution >= 4 is 98.3 Å². The van der Waals surface area contributed by atoms with Crippen molar-refractivity contribution in [1.82, 2.24) is 32.9 Å². The van der Waals surface area contributed by atoms with Gasteiger partial charge in [0.1, 0.15) is 0 Å². The van der Waals surface area contributed by atoms with E-state index in [1.165, 1.54) is 65.4 Å². The summed E-state index contributed by atoms with van der Waals surface area (Å²) in [6.07, 6.45) is 0. The first-order chi connectivity index (χ1) is 31.8. The zero-order valence-corrected chi connectivity index (χ0v) is 34.2. The number of hydrogen-bond donors (Lipinski definition) is 0. The Bertz CT molecular complexity index is 4200. The fraction of sp³-hybridized carbons (Fsp3) is 0. The van der Waals surface area contributed by atoms with Crippen molar-refractivity contribution in [3.05, 3.63) is 200 Å². The Balaban J connectivity index is 1.06. The van der Waals surface area contributed by atoms with Gasteiger partial charge in [0, 0.05) is 59.9 Å². The largest absolute Gasteiger partial charge is 0.309 e. The molecule has 0 amide bonds. The molecule has 2 bridgehead atoms. The molecule has 0 spiro atoms. The minimum atomic E-state index is 0.575. The molecule has 0 N–H and O–H groups in total. The van der Waals surface area contributed by atoms with Crippen LogP contribution in [-0.4, -0.2) is 32.9 Å². The maximum Gasteiger partial charge on any atom is 0.238 e. The normalized spacial score (nSPS) is 12.4. The molecule has 0 saturated carbocycles. The molecule has 7 nitrogen and oxygen atoms in total. The molecule has 296 valence electrons. The Morgan fingerprint density at radius 3 is 1.27 bits per heavy atom. The second-order valence-electron chi connectivity index (χ2n) is 16.8. The van der Waals surface area contributed by atoms with Gasteiger partial charge in [-0.3, -0.25) is 4.57 Å². The number of rotatable bonds is 4. The van der Waals surface area contributed by atoms with E-state index in [2.05, 4.69) is 182 Å². The maximum atomic E-state index is 5.19. The van der Waals surface area contributed by atoms with Gasteiger partial charge in [-0.25, -0.2) is 4.98 Å². The number of benzene rings is 9. The summed E-state index contributed by atoms with van der Waals surface area (Å²) >= 11 is 0. The molecule has 7 heteroatoms. The molecule has 0 saturated heterocycles. The second-order valence-corrected chi connectivity index (χ2v) is 16.8. The molecule has 0 aliphatic heterocycles. The molecule has 6 aromatic heterocycles. The summed E-state index contributed by atoms with van der Waals surface area (Å²) in [5.41, 5.74) is 14.5. The Morgan fingerprint density at radius 2 is 0.703 bits per heavy atom. The number of hydrogen-bond acceptors (Lipinski definition) is 3. The molecular formula is C57H33N7. The SMILES string of the molecule is c1ccc(-c2nc(-c3ccccc3)nc(-n3c4ccccc4c4cc(-n5c6cccc7c6c6c5cccc6n5c6ccccc6c6cc8c9ccccc9n7c8cc65)ccc43)n2)cc1. The van der Waals surface area contributed by atoms with Gasteiger partial charge in [0.2, 0.25) is 5.95 Å². The van der Waals surface area contributed by atoms with Crippen LogP contribution in [-0.2, 0) is 0 Å². The van der Waals surface area contributed by atoms with Crippen LogP contribution in [0, 0.1) is 0 Å². The molecule has 6 heterocycles. The van der Waals surface area contributed by atoms with Crippen LogP contribution in [0.25, 0.3) is 133 Å². The molecule has 0 unspecified atom stereocenters. The summed E-state index contributed by atoms with van der Waals surface area (Å²) in [4.78, 5) is 15.4. The van der Waals surface area contributed by atoms with E-state index in [1.807, 2.05) is 36.4 Å². The van der Waals surface area contributed by atoms with Gasteiger partial charge in [0.25, 0.3) is 0 Å². The highest BCUT2D eigenvalue weighted by atomic mass is 15.2. The van der Waals surface area contributed by atoms with Crippen LogP contribution >= 0.6 is 0 Å². The zero-order valence-electron chi connectivity index (χ0n) is 34.2. The molecule has 0 fully saturated rings. The highest BCUT2D eigenvalue weighted by Gasteiger charge is 2.24. The van der Waals surface area contributed by atoms with Gasteiger partial charge < -0.3 is 13.4 Å². The van der Waals surface area contributed by atoms with Crippen molar-refractivity contribution < 1.29 is 0 Å². The van der Waals surface area contributed by atoms with Crippen molar-refractivity contribution in [3.8, 4) is 34.4 Å². The number of fused-ring (bicyclic) bond motifs is 11. The second kappa shape index (κ2) is 12.4. The molecule has 64 heavy (non-hydrogen) atoms. The fourth-order valence-corrected chi connectivity index (χ4v) is 10.9. The average Bonchev–Trinajstić information content (AvgIpc) is 4.08. The smallest absolute Gasteiger partial charge is 0.238 e. The van der Waals surface area contributed by atoms with E-state index in [9.17, 15) is 0 Å². The molecular weight excluding hydrogens is 783 g/mol. The summed E-state index contributed by atoms with van der Waals surface area (Å²) in [5, 5.41) is 9.71. The predicted molar refractivity (Wildman–Crippen MR) is 262 cm³/mol. The van der Waals surface area contributed by atoms with E-state index in [1.54, 1.807) is 0 Å². The van der Waals surface area contributed by atoms with Crippen molar-refractivity contribution in [2.24, 2.45) is 0 Å². The first-order valence-corrected chi connectivity index (χ1v) is 21.7. The lowest BCUT2D eigenvalue weighted by Gasteiger charge is -2.12. The lowest BCUT2D eigenvalue weighted by atomic mass is 10.1. The summed E-state index contributed by atoms with van der Waals surface area (Å²) in [7, 11) is 0. The third-order valence-corrected chi connectivity index (χ3v) is 13.5. The minimum Gasteiger partial charge on any atom is -0.309 e. The maximum absolute atomic E-state index is 5.19. The third kappa shape index (κ3) is 4.41. The minimum absolute atomic E-state index is 0.575. The van der Waals surface area contributed by atoms with Crippen LogP contribution in [0.15, 0.2) is 200 Å². The van der Waals surface area contributed by atoms with Crippen LogP contribution in [0.5, 0.6) is 0 Å². The van der Waals surface area contributed by atoms with E-state index in [4.69, 9.17) is 15.0 Å².